The first kappa shape index (κ1) is 16.8. The van der Waals surface area contributed by atoms with Gasteiger partial charge in [0.05, 0.1) is 29.3 Å². The van der Waals surface area contributed by atoms with Crippen molar-refractivity contribution in [3.63, 3.8) is 0 Å². The second kappa shape index (κ2) is 5.91. The molecule has 1 aromatic heterocycles. The van der Waals surface area contributed by atoms with E-state index in [1.807, 2.05) is 0 Å². The lowest BCUT2D eigenvalue weighted by molar-refractivity contribution is -0.139. The van der Waals surface area contributed by atoms with E-state index in [0.717, 1.165) is 18.2 Å². The first-order valence-corrected chi connectivity index (χ1v) is 6.24. The van der Waals surface area contributed by atoms with Crippen molar-refractivity contribution in [2.75, 3.05) is 0 Å². The minimum atomic E-state index is -4.73. The van der Waals surface area contributed by atoms with Gasteiger partial charge in [-0.3, -0.25) is 4.98 Å². The highest BCUT2D eigenvalue weighted by Crippen LogP contribution is 2.38. The van der Waals surface area contributed by atoms with Crippen molar-refractivity contribution in [1.29, 1.82) is 5.26 Å². The molecule has 2 rings (SSSR count). The van der Waals surface area contributed by atoms with E-state index in [1.165, 1.54) is 12.1 Å². The Hall–Kier alpha value is -2.56. The van der Waals surface area contributed by atoms with E-state index >= 15 is 0 Å². The number of hydrogen-bond acceptors (Lipinski definition) is 2. The van der Waals surface area contributed by atoms with Crippen LogP contribution in [0.5, 0.6) is 0 Å². The third-order valence-electron chi connectivity index (χ3n) is 3.07. The van der Waals surface area contributed by atoms with E-state index in [2.05, 4.69) is 4.98 Å². The van der Waals surface area contributed by atoms with Crippen LogP contribution in [0.1, 0.15) is 16.7 Å². The molecule has 0 saturated carbocycles. The van der Waals surface area contributed by atoms with Crippen molar-refractivity contribution >= 4 is 0 Å². The molecular formula is C15H8F6N2. The largest absolute Gasteiger partial charge is 0.418 e. The summed E-state index contributed by atoms with van der Waals surface area (Å²) >= 11 is 0. The molecular weight excluding hydrogens is 322 g/mol. The fourth-order valence-corrected chi connectivity index (χ4v) is 2.08. The van der Waals surface area contributed by atoms with Crippen molar-refractivity contribution < 1.29 is 26.3 Å². The van der Waals surface area contributed by atoms with Crippen molar-refractivity contribution in [3.05, 3.63) is 53.2 Å². The highest BCUT2D eigenvalue weighted by Gasteiger charge is 2.36. The first-order chi connectivity index (χ1) is 10.6. The lowest BCUT2D eigenvalue weighted by Crippen LogP contribution is -2.11. The Morgan fingerprint density at radius 3 is 2.13 bits per heavy atom. The Labute approximate surface area is 127 Å². The third-order valence-corrected chi connectivity index (χ3v) is 3.07. The Balaban J connectivity index is 2.64. The highest BCUT2D eigenvalue weighted by molar-refractivity contribution is 5.65. The molecule has 0 radical (unpaired) electrons. The second-order valence-electron chi connectivity index (χ2n) is 4.60. The Morgan fingerprint density at radius 2 is 1.57 bits per heavy atom. The molecule has 0 aliphatic rings. The molecule has 0 aliphatic heterocycles. The van der Waals surface area contributed by atoms with Gasteiger partial charge in [0.25, 0.3) is 0 Å². The molecule has 8 heteroatoms. The van der Waals surface area contributed by atoms with E-state index in [4.69, 9.17) is 5.26 Å². The molecule has 0 bridgehead atoms. The Morgan fingerprint density at radius 1 is 0.957 bits per heavy atom. The van der Waals surface area contributed by atoms with E-state index in [9.17, 15) is 26.3 Å². The Bertz CT molecular complexity index is 756. The summed E-state index contributed by atoms with van der Waals surface area (Å²) in [6, 6.07) is 6.88. The van der Waals surface area contributed by atoms with Gasteiger partial charge in [0.1, 0.15) is 0 Å². The van der Waals surface area contributed by atoms with Gasteiger partial charge >= 0.3 is 12.4 Å². The minimum Gasteiger partial charge on any atom is -0.256 e. The van der Waals surface area contributed by atoms with Crippen LogP contribution >= 0.6 is 0 Å². The van der Waals surface area contributed by atoms with Crippen LogP contribution in [-0.2, 0) is 18.8 Å². The van der Waals surface area contributed by atoms with Gasteiger partial charge in [0.2, 0.25) is 0 Å². The maximum Gasteiger partial charge on any atom is 0.418 e. The second-order valence-corrected chi connectivity index (χ2v) is 4.60. The van der Waals surface area contributed by atoms with Crippen LogP contribution in [-0.4, -0.2) is 4.98 Å². The number of nitriles is 1. The normalized spacial score (nSPS) is 12.0. The summed E-state index contributed by atoms with van der Waals surface area (Å²) in [7, 11) is 0. The summed E-state index contributed by atoms with van der Waals surface area (Å²) in [6.45, 7) is 0. The lowest BCUT2D eigenvalue weighted by atomic mass is 9.99. The quantitative estimate of drug-likeness (QED) is 0.738. The number of nitrogens with zero attached hydrogens (tertiary/aromatic N) is 2. The zero-order valence-electron chi connectivity index (χ0n) is 11.3. The molecule has 2 aromatic rings. The molecule has 23 heavy (non-hydrogen) atoms. The van der Waals surface area contributed by atoms with Gasteiger partial charge < -0.3 is 0 Å². The van der Waals surface area contributed by atoms with Gasteiger partial charge in [0.15, 0.2) is 0 Å². The number of hydrogen-bond donors (Lipinski definition) is 0. The summed E-state index contributed by atoms with van der Waals surface area (Å²) in [5.74, 6) is 0. The minimum absolute atomic E-state index is 0.267. The molecule has 1 aromatic carbocycles. The van der Waals surface area contributed by atoms with Crippen molar-refractivity contribution in [2.24, 2.45) is 0 Å². The van der Waals surface area contributed by atoms with Crippen LogP contribution in [0, 0.1) is 11.3 Å². The molecule has 0 atom stereocenters. The zero-order valence-corrected chi connectivity index (χ0v) is 11.3. The van der Waals surface area contributed by atoms with Crippen molar-refractivity contribution in [2.45, 2.75) is 18.8 Å². The van der Waals surface area contributed by atoms with E-state index in [-0.39, 0.29) is 11.3 Å². The maximum absolute atomic E-state index is 13.0. The molecule has 0 fully saturated rings. The fourth-order valence-electron chi connectivity index (χ4n) is 2.08. The van der Waals surface area contributed by atoms with E-state index in [0.29, 0.717) is 6.20 Å². The summed E-state index contributed by atoms with van der Waals surface area (Å²) in [5.41, 5.74) is -3.16. The number of halogens is 6. The molecule has 0 saturated heterocycles. The van der Waals surface area contributed by atoms with Crippen molar-refractivity contribution in [3.8, 4) is 17.3 Å². The van der Waals surface area contributed by atoms with Gasteiger partial charge in [-0.1, -0.05) is 18.2 Å². The summed E-state index contributed by atoms with van der Waals surface area (Å²) in [6.07, 6.45) is -9.54. The lowest BCUT2D eigenvalue weighted by Gasteiger charge is -2.15. The van der Waals surface area contributed by atoms with Gasteiger partial charge in [0, 0.05) is 11.8 Å². The Kier molecular flexibility index (Phi) is 4.32. The van der Waals surface area contributed by atoms with Crippen molar-refractivity contribution in [1.82, 2.24) is 4.98 Å². The molecule has 1 heterocycles. The summed E-state index contributed by atoms with van der Waals surface area (Å²) in [5, 5.41) is 8.64. The first-order valence-electron chi connectivity index (χ1n) is 6.24. The fraction of sp³-hybridized carbons (Fsp3) is 0.200. The molecule has 120 valence electrons. The van der Waals surface area contributed by atoms with Gasteiger partial charge in [-0.05, 0) is 17.7 Å². The average molecular weight is 330 g/mol. The van der Waals surface area contributed by atoms with Crippen LogP contribution in [0.2, 0.25) is 0 Å². The summed E-state index contributed by atoms with van der Waals surface area (Å²) in [4.78, 5) is 3.50. The molecule has 0 aliphatic carbocycles. The number of alkyl halides is 6. The molecule has 0 N–H and O–H groups in total. The van der Waals surface area contributed by atoms with Crippen LogP contribution in [0.15, 0.2) is 36.5 Å². The maximum atomic E-state index is 13.0. The van der Waals surface area contributed by atoms with Crippen LogP contribution < -0.4 is 0 Å². The molecule has 0 amide bonds. The highest BCUT2D eigenvalue weighted by atomic mass is 19.4. The number of benzene rings is 1. The van der Waals surface area contributed by atoms with E-state index < -0.39 is 35.5 Å². The number of aromatic nitrogens is 1. The predicted octanol–water partition coefficient (Wildman–Crippen LogP) is 4.85. The van der Waals surface area contributed by atoms with Gasteiger partial charge in [-0.15, -0.1) is 0 Å². The SMILES string of the molecule is N#CCc1cc(-c2ccccc2C(F)(F)F)ncc1C(F)(F)F. The standard InChI is InChI=1S/C15H8F6N2/c16-14(17,18)11-4-2-1-3-10(11)13-7-9(5-6-22)12(8-23-13)15(19,20)21/h1-4,7-8H,5H2. The van der Waals surface area contributed by atoms with Crippen LogP contribution in [0.25, 0.3) is 11.3 Å². The molecule has 2 nitrogen and oxygen atoms in total. The molecule has 0 spiro atoms. The molecule has 0 unspecified atom stereocenters. The number of rotatable bonds is 2. The van der Waals surface area contributed by atoms with Crippen LogP contribution in [0.3, 0.4) is 0 Å². The monoisotopic (exact) mass is 330 g/mol. The average Bonchev–Trinajstić information content (AvgIpc) is 2.45. The predicted molar refractivity (Wildman–Crippen MR) is 69.0 cm³/mol. The topological polar surface area (TPSA) is 36.7 Å². The summed E-state index contributed by atoms with van der Waals surface area (Å²) < 4.78 is 77.5. The third kappa shape index (κ3) is 3.62. The van der Waals surface area contributed by atoms with Gasteiger partial charge in [-0.2, -0.15) is 31.6 Å². The smallest absolute Gasteiger partial charge is 0.256 e. The van der Waals surface area contributed by atoms with Gasteiger partial charge in [-0.25, -0.2) is 0 Å². The van der Waals surface area contributed by atoms with Crippen LogP contribution in [0.4, 0.5) is 26.3 Å². The van der Waals surface area contributed by atoms with E-state index in [1.54, 1.807) is 6.07 Å². The number of pyridine rings is 1. The zero-order chi connectivity index (χ0) is 17.3.